The lowest BCUT2D eigenvalue weighted by atomic mass is 10.1. The van der Waals surface area contributed by atoms with Crippen LogP contribution in [0, 0.1) is 5.92 Å². The topological polar surface area (TPSA) is 75.2 Å². The van der Waals surface area contributed by atoms with Crippen LogP contribution >= 0.6 is 22.7 Å². The Morgan fingerprint density at radius 3 is 2.81 bits per heavy atom. The van der Waals surface area contributed by atoms with Gasteiger partial charge in [0.2, 0.25) is 16.9 Å². The van der Waals surface area contributed by atoms with E-state index < -0.39 is 0 Å². The van der Waals surface area contributed by atoms with Gasteiger partial charge in [-0.25, -0.2) is 0 Å². The number of hydrogen-bond donors (Lipinski definition) is 1. The highest BCUT2D eigenvalue weighted by Crippen LogP contribution is 2.30. The Balaban J connectivity index is 1.37. The molecule has 0 aliphatic carbocycles. The molecule has 2 aromatic heterocycles. The van der Waals surface area contributed by atoms with Crippen molar-refractivity contribution in [2.75, 3.05) is 11.9 Å². The second kappa shape index (κ2) is 7.35. The van der Waals surface area contributed by atoms with Crippen molar-refractivity contribution in [3.63, 3.8) is 0 Å². The number of hydrogen-bond acceptors (Lipinski definition) is 6. The van der Waals surface area contributed by atoms with Gasteiger partial charge in [0.05, 0.1) is 10.8 Å². The Morgan fingerprint density at radius 2 is 2.04 bits per heavy atom. The zero-order chi connectivity index (χ0) is 17.9. The molecule has 2 amide bonds. The summed E-state index contributed by atoms with van der Waals surface area (Å²) < 4.78 is 0. The molecule has 0 spiro atoms. The van der Waals surface area contributed by atoms with Crippen LogP contribution in [0.4, 0.5) is 5.13 Å². The molecule has 1 aromatic carbocycles. The maximum atomic E-state index is 12.5. The Morgan fingerprint density at radius 1 is 1.19 bits per heavy atom. The summed E-state index contributed by atoms with van der Waals surface area (Å²) in [7, 11) is 0. The Labute approximate surface area is 158 Å². The van der Waals surface area contributed by atoms with Crippen LogP contribution in [0.25, 0.3) is 9.88 Å². The minimum Gasteiger partial charge on any atom is -0.338 e. The van der Waals surface area contributed by atoms with Crippen LogP contribution in [0.1, 0.15) is 12.0 Å². The molecule has 1 atom stereocenters. The number of benzene rings is 1. The summed E-state index contributed by atoms with van der Waals surface area (Å²) in [4.78, 5) is 27.5. The molecule has 8 heteroatoms. The standard InChI is InChI=1S/C18H16N4O2S2/c23-15-9-13(11-22(15)10-12-5-2-1-3-6-12)16(24)19-18-21-20-17(26-18)14-7-4-8-25-14/h1-8,13H,9-11H2,(H,19,21,24). The molecule has 0 saturated carbocycles. The molecule has 26 heavy (non-hydrogen) atoms. The van der Waals surface area contributed by atoms with E-state index in [2.05, 4.69) is 15.5 Å². The number of likely N-dealkylation sites (tertiary alicyclic amines) is 1. The normalized spacial score (nSPS) is 16.8. The third kappa shape index (κ3) is 3.66. The molecule has 132 valence electrons. The van der Waals surface area contributed by atoms with Crippen molar-refractivity contribution in [1.82, 2.24) is 15.1 Å². The van der Waals surface area contributed by atoms with E-state index in [9.17, 15) is 9.59 Å². The van der Waals surface area contributed by atoms with Crippen LogP contribution in [-0.4, -0.2) is 33.5 Å². The summed E-state index contributed by atoms with van der Waals surface area (Å²) in [5.74, 6) is -0.534. The molecule has 3 heterocycles. The fourth-order valence-corrected chi connectivity index (χ4v) is 4.42. The average molecular weight is 384 g/mol. The van der Waals surface area contributed by atoms with E-state index >= 15 is 0 Å². The Hall–Kier alpha value is -2.58. The van der Waals surface area contributed by atoms with Crippen molar-refractivity contribution < 1.29 is 9.59 Å². The number of amides is 2. The van der Waals surface area contributed by atoms with E-state index in [4.69, 9.17) is 0 Å². The highest BCUT2D eigenvalue weighted by atomic mass is 32.1. The van der Waals surface area contributed by atoms with Gasteiger partial charge in [-0.3, -0.25) is 9.59 Å². The molecule has 0 radical (unpaired) electrons. The third-order valence-corrected chi connectivity index (χ3v) is 6.07. The Bertz CT molecular complexity index is 908. The Kier molecular flexibility index (Phi) is 4.77. The van der Waals surface area contributed by atoms with E-state index in [1.807, 2.05) is 47.8 Å². The number of aromatic nitrogens is 2. The molecule has 1 aliphatic rings. The number of nitrogens with one attached hydrogen (secondary N) is 1. The molecule has 1 aliphatic heterocycles. The summed E-state index contributed by atoms with van der Waals surface area (Å²) in [5, 5.41) is 14.2. The van der Waals surface area contributed by atoms with Crippen molar-refractivity contribution in [2.24, 2.45) is 5.92 Å². The summed E-state index contributed by atoms with van der Waals surface area (Å²) in [6.45, 7) is 0.959. The first-order chi connectivity index (χ1) is 12.7. The first-order valence-corrected chi connectivity index (χ1v) is 9.88. The summed E-state index contributed by atoms with van der Waals surface area (Å²) >= 11 is 2.92. The zero-order valence-corrected chi connectivity index (χ0v) is 15.4. The predicted molar refractivity (Wildman–Crippen MR) is 102 cm³/mol. The fraction of sp³-hybridized carbons (Fsp3) is 0.222. The summed E-state index contributed by atoms with van der Waals surface area (Å²) in [6.07, 6.45) is 0.231. The SMILES string of the molecule is O=C(Nc1nnc(-c2cccs2)s1)C1CC(=O)N(Cc2ccccc2)C1. The van der Waals surface area contributed by atoms with Crippen LogP contribution in [0.2, 0.25) is 0 Å². The van der Waals surface area contributed by atoms with Crippen LogP contribution in [0.15, 0.2) is 47.8 Å². The van der Waals surface area contributed by atoms with E-state index in [-0.39, 0.29) is 24.2 Å². The van der Waals surface area contributed by atoms with Crippen molar-refractivity contribution in [3.8, 4) is 9.88 Å². The second-order valence-corrected chi connectivity index (χ2v) is 7.97. The number of nitrogens with zero attached hydrogens (tertiary/aromatic N) is 3. The average Bonchev–Trinajstić information content (AvgIpc) is 3.38. The van der Waals surface area contributed by atoms with Crippen molar-refractivity contribution >= 4 is 39.6 Å². The van der Waals surface area contributed by atoms with Gasteiger partial charge in [-0.1, -0.05) is 47.7 Å². The van der Waals surface area contributed by atoms with Gasteiger partial charge in [-0.2, -0.15) is 0 Å². The second-order valence-electron chi connectivity index (χ2n) is 6.04. The molecule has 1 unspecified atom stereocenters. The zero-order valence-electron chi connectivity index (χ0n) is 13.8. The van der Waals surface area contributed by atoms with Crippen LogP contribution < -0.4 is 5.32 Å². The molecule has 3 aromatic rings. The van der Waals surface area contributed by atoms with Gasteiger partial charge in [-0.05, 0) is 17.0 Å². The van der Waals surface area contributed by atoms with Gasteiger partial charge in [0.15, 0.2) is 5.01 Å². The van der Waals surface area contributed by atoms with Crippen LogP contribution in [0.5, 0.6) is 0 Å². The quantitative estimate of drug-likeness (QED) is 0.733. The monoisotopic (exact) mass is 384 g/mol. The van der Waals surface area contributed by atoms with Crippen LogP contribution in [0.3, 0.4) is 0 Å². The van der Waals surface area contributed by atoms with Crippen molar-refractivity contribution in [3.05, 3.63) is 53.4 Å². The summed E-state index contributed by atoms with van der Waals surface area (Å²) in [5.41, 5.74) is 1.06. The van der Waals surface area contributed by atoms with E-state index in [1.165, 1.54) is 11.3 Å². The van der Waals surface area contributed by atoms with Gasteiger partial charge < -0.3 is 10.2 Å². The first kappa shape index (κ1) is 16.9. The molecular formula is C18H16N4O2S2. The van der Waals surface area contributed by atoms with Gasteiger partial charge in [0, 0.05) is 19.5 Å². The van der Waals surface area contributed by atoms with Crippen molar-refractivity contribution in [2.45, 2.75) is 13.0 Å². The molecule has 1 fully saturated rings. The number of rotatable bonds is 5. The lowest BCUT2D eigenvalue weighted by Crippen LogP contribution is -2.28. The first-order valence-electron chi connectivity index (χ1n) is 8.19. The van der Waals surface area contributed by atoms with E-state index in [0.29, 0.717) is 18.2 Å². The maximum absolute atomic E-state index is 12.5. The maximum Gasteiger partial charge on any atom is 0.231 e. The number of carbonyl (C=O) groups excluding carboxylic acids is 2. The van der Waals surface area contributed by atoms with Gasteiger partial charge >= 0.3 is 0 Å². The molecule has 4 rings (SSSR count). The highest BCUT2D eigenvalue weighted by molar-refractivity contribution is 7.23. The van der Waals surface area contributed by atoms with E-state index in [1.54, 1.807) is 16.2 Å². The lowest BCUT2D eigenvalue weighted by Gasteiger charge is -2.16. The highest BCUT2D eigenvalue weighted by Gasteiger charge is 2.34. The van der Waals surface area contributed by atoms with Crippen LogP contribution in [-0.2, 0) is 16.1 Å². The van der Waals surface area contributed by atoms with Crippen molar-refractivity contribution in [1.29, 1.82) is 0 Å². The third-order valence-electron chi connectivity index (χ3n) is 4.19. The number of thiophene rings is 1. The minimum atomic E-state index is -0.361. The molecule has 0 bridgehead atoms. The van der Waals surface area contributed by atoms with E-state index in [0.717, 1.165) is 15.4 Å². The molecule has 1 saturated heterocycles. The van der Waals surface area contributed by atoms with Gasteiger partial charge in [0.25, 0.3) is 0 Å². The predicted octanol–water partition coefficient (Wildman–Crippen LogP) is 3.25. The summed E-state index contributed by atoms with van der Waals surface area (Å²) in [6, 6.07) is 13.7. The minimum absolute atomic E-state index is 0.00513. The van der Waals surface area contributed by atoms with Gasteiger partial charge in [-0.15, -0.1) is 21.5 Å². The fourth-order valence-electron chi connectivity index (χ4n) is 2.89. The molecular weight excluding hydrogens is 368 g/mol. The molecule has 6 nitrogen and oxygen atoms in total. The number of carbonyl (C=O) groups is 2. The smallest absolute Gasteiger partial charge is 0.231 e. The molecule has 1 N–H and O–H groups in total. The van der Waals surface area contributed by atoms with Gasteiger partial charge in [0.1, 0.15) is 0 Å². The number of anilines is 1. The lowest BCUT2D eigenvalue weighted by molar-refractivity contribution is -0.128. The largest absolute Gasteiger partial charge is 0.338 e.